The Bertz CT molecular complexity index is 1110. The van der Waals surface area contributed by atoms with Crippen molar-refractivity contribution >= 4 is 39.9 Å². The summed E-state index contributed by atoms with van der Waals surface area (Å²) in [7, 11) is 1.60. The molecule has 0 spiro atoms. The van der Waals surface area contributed by atoms with Crippen molar-refractivity contribution < 1.29 is 14.5 Å². The van der Waals surface area contributed by atoms with Crippen LogP contribution in [0.1, 0.15) is 6.42 Å². The summed E-state index contributed by atoms with van der Waals surface area (Å²) in [6.07, 6.45) is 0.638. The minimum atomic E-state index is -0.504. The summed E-state index contributed by atoms with van der Waals surface area (Å²) in [5.41, 5.74) is 0.816. The molecule has 0 aliphatic heterocycles. The van der Waals surface area contributed by atoms with E-state index in [-0.39, 0.29) is 22.9 Å². The van der Waals surface area contributed by atoms with Gasteiger partial charge in [0.2, 0.25) is 5.91 Å². The van der Waals surface area contributed by atoms with Crippen LogP contribution in [-0.2, 0) is 16.1 Å². The van der Waals surface area contributed by atoms with Gasteiger partial charge in [-0.2, -0.15) is 0 Å². The Balaban J connectivity index is 1.75. The number of anilines is 1. The zero-order valence-corrected chi connectivity index (χ0v) is 17.1. The monoisotopic (exact) mass is 428 g/mol. The number of non-ortho nitro benzene ring substituents is 1. The number of thioether (sulfide) groups is 1. The quantitative estimate of drug-likeness (QED) is 0.183. The van der Waals surface area contributed by atoms with Crippen molar-refractivity contribution in [3.05, 3.63) is 69.0 Å². The molecule has 1 N–H and O–H groups in total. The highest BCUT2D eigenvalue weighted by Gasteiger charge is 2.13. The third-order valence-electron chi connectivity index (χ3n) is 4.25. The number of carbonyl (C=O) groups is 1. The minimum absolute atomic E-state index is 0.0338. The molecule has 156 valence electrons. The van der Waals surface area contributed by atoms with Gasteiger partial charge in [0, 0.05) is 38.1 Å². The van der Waals surface area contributed by atoms with Crippen molar-refractivity contribution in [3.8, 4) is 0 Å². The maximum atomic E-state index is 12.9. The predicted molar refractivity (Wildman–Crippen MR) is 115 cm³/mol. The molecule has 0 unspecified atom stereocenters. The highest BCUT2D eigenvalue weighted by atomic mass is 32.2. The van der Waals surface area contributed by atoms with E-state index in [0.717, 1.165) is 11.8 Å². The van der Waals surface area contributed by atoms with E-state index in [0.29, 0.717) is 41.3 Å². The largest absolute Gasteiger partial charge is 0.385 e. The van der Waals surface area contributed by atoms with E-state index in [1.807, 2.05) is 0 Å². The Labute approximate surface area is 176 Å². The summed E-state index contributed by atoms with van der Waals surface area (Å²) in [6, 6.07) is 12.7. The van der Waals surface area contributed by atoms with Crippen molar-refractivity contribution in [2.45, 2.75) is 18.1 Å². The normalized spacial score (nSPS) is 10.8. The van der Waals surface area contributed by atoms with E-state index in [1.165, 1.54) is 24.3 Å². The maximum Gasteiger partial charge on any atom is 0.269 e. The second-order valence-electron chi connectivity index (χ2n) is 6.36. The second-order valence-corrected chi connectivity index (χ2v) is 7.30. The number of rotatable bonds is 9. The lowest BCUT2D eigenvalue weighted by Gasteiger charge is -2.13. The van der Waals surface area contributed by atoms with Crippen LogP contribution >= 0.6 is 11.8 Å². The molecule has 0 atom stereocenters. The Morgan fingerprint density at radius 3 is 2.67 bits per heavy atom. The van der Waals surface area contributed by atoms with Gasteiger partial charge in [0.15, 0.2) is 5.16 Å². The first kappa shape index (κ1) is 21.5. The number of aromatic nitrogens is 2. The fourth-order valence-electron chi connectivity index (χ4n) is 2.82. The number of hydrogen-bond donors (Lipinski definition) is 1. The molecule has 0 saturated carbocycles. The van der Waals surface area contributed by atoms with Gasteiger partial charge in [0.25, 0.3) is 11.2 Å². The van der Waals surface area contributed by atoms with Gasteiger partial charge in [-0.15, -0.1) is 0 Å². The third kappa shape index (κ3) is 5.22. The Kier molecular flexibility index (Phi) is 7.15. The standard InChI is InChI=1S/C20H20N4O5S/c1-29-12-4-11-23-19(26)16-5-2-3-6-17(16)22-20(23)30-13-18(25)21-14-7-9-15(10-8-14)24(27)28/h2-3,5-10H,4,11-13H2,1H3,(H,21,25). The summed E-state index contributed by atoms with van der Waals surface area (Å²) in [4.78, 5) is 40.0. The first-order chi connectivity index (χ1) is 14.5. The van der Waals surface area contributed by atoms with Gasteiger partial charge in [0.05, 0.1) is 21.6 Å². The molecule has 2 aromatic carbocycles. The molecule has 0 radical (unpaired) electrons. The molecule has 1 aromatic heterocycles. The highest BCUT2D eigenvalue weighted by Crippen LogP contribution is 2.20. The fraction of sp³-hybridized carbons (Fsp3) is 0.250. The number of nitrogens with one attached hydrogen (secondary N) is 1. The SMILES string of the molecule is COCCCn1c(SCC(=O)Nc2ccc([N+](=O)[O-])cc2)nc2ccccc2c1=O. The zero-order chi connectivity index (χ0) is 21.5. The van der Waals surface area contributed by atoms with E-state index >= 15 is 0 Å². The van der Waals surface area contributed by atoms with Crippen LogP contribution in [0.25, 0.3) is 10.9 Å². The number of methoxy groups -OCH3 is 1. The van der Waals surface area contributed by atoms with Gasteiger partial charge in [0.1, 0.15) is 0 Å². The molecule has 10 heteroatoms. The van der Waals surface area contributed by atoms with E-state index in [4.69, 9.17) is 4.74 Å². The number of amides is 1. The van der Waals surface area contributed by atoms with Crippen LogP contribution in [0.5, 0.6) is 0 Å². The molecule has 0 bridgehead atoms. The number of para-hydroxylation sites is 1. The molecule has 0 fully saturated rings. The number of carbonyl (C=O) groups excluding carboxylic acids is 1. The smallest absolute Gasteiger partial charge is 0.269 e. The van der Waals surface area contributed by atoms with Crippen LogP contribution < -0.4 is 10.9 Å². The predicted octanol–water partition coefficient (Wildman–Crippen LogP) is 3.07. The lowest BCUT2D eigenvalue weighted by Crippen LogP contribution is -2.25. The number of benzene rings is 2. The van der Waals surface area contributed by atoms with Gasteiger partial charge in [-0.05, 0) is 30.7 Å². The van der Waals surface area contributed by atoms with E-state index in [1.54, 1.807) is 35.9 Å². The number of ether oxygens (including phenoxy) is 1. The molecule has 30 heavy (non-hydrogen) atoms. The lowest BCUT2D eigenvalue weighted by molar-refractivity contribution is -0.384. The number of nitrogens with zero attached hydrogens (tertiary/aromatic N) is 3. The van der Waals surface area contributed by atoms with Crippen molar-refractivity contribution in [1.29, 1.82) is 0 Å². The third-order valence-corrected chi connectivity index (χ3v) is 5.23. The van der Waals surface area contributed by atoms with E-state index in [9.17, 15) is 19.7 Å². The van der Waals surface area contributed by atoms with Crippen LogP contribution in [0.4, 0.5) is 11.4 Å². The molecule has 0 aliphatic rings. The van der Waals surface area contributed by atoms with Crippen molar-refractivity contribution in [2.24, 2.45) is 0 Å². The van der Waals surface area contributed by atoms with Gasteiger partial charge in [-0.25, -0.2) is 4.98 Å². The van der Waals surface area contributed by atoms with Gasteiger partial charge in [-0.3, -0.25) is 24.3 Å². The molecule has 0 saturated heterocycles. The molecule has 1 heterocycles. The fourth-order valence-corrected chi connectivity index (χ4v) is 3.64. The molecular weight excluding hydrogens is 408 g/mol. The van der Waals surface area contributed by atoms with Crippen molar-refractivity contribution in [3.63, 3.8) is 0 Å². The van der Waals surface area contributed by atoms with Gasteiger partial charge in [-0.1, -0.05) is 23.9 Å². The average molecular weight is 428 g/mol. The molecule has 1 amide bonds. The Morgan fingerprint density at radius 2 is 1.97 bits per heavy atom. The molecule has 9 nitrogen and oxygen atoms in total. The maximum absolute atomic E-state index is 12.9. The number of nitro groups is 1. The van der Waals surface area contributed by atoms with E-state index in [2.05, 4.69) is 10.3 Å². The zero-order valence-electron chi connectivity index (χ0n) is 16.2. The number of nitro benzene ring substituents is 1. The second kappa shape index (κ2) is 9.99. The minimum Gasteiger partial charge on any atom is -0.385 e. The van der Waals surface area contributed by atoms with Crippen molar-refractivity contribution in [1.82, 2.24) is 9.55 Å². The summed E-state index contributed by atoms with van der Waals surface area (Å²) in [6.45, 7) is 0.931. The Hall–Kier alpha value is -3.24. The Morgan fingerprint density at radius 1 is 1.23 bits per heavy atom. The van der Waals surface area contributed by atoms with Gasteiger partial charge < -0.3 is 10.1 Å². The van der Waals surface area contributed by atoms with Crippen LogP contribution in [0.3, 0.4) is 0 Å². The number of hydrogen-bond acceptors (Lipinski definition) is 7. The summed E-state index contributed by atoms with van der Waals surface area (Å²) in [5.74, 6) is -0.272. The van der Waals surface area contributed by atoms with Crippen molar-refractivity contribution in [2.75, 3.05) is 24.8 Å². The lowest BCUT2D eigenvalue weighted by atomic mass is 10.2. The highest BCUT2D eigenvalue weighted by molar-refractivity contribution is 7.99. The van der Waals surface area contributed by atoms with Crippen LogP contribution in [0, 0.1) is 10.1 Å². The summed E-state index contributed by atoms with van der Waals surface area (Å²) >= 11 is 1.16. The molecule has 3 aromatic rings. The topological polar surface area (TPSA) is 116 Å². The molecule has 3 rings (SSSR count). The van der Waals surface area contributed by atoms with Crippen LogP contribution in [-0.4, -0.2) is 39.9 Å². The van der Waals surface area contributed by atoms with Crippen LogP contribution in [0.2, 0.25) is 0 Å². The molecular formula is C20H20N4O5S. The van der Waals surface area contributed by atoms with Crippen LogP contribution in [0.15, 0.2) is 58.5 Å². The first-order valence-corrected chi connectivity index (χ1v) is 10.1. The number of fused-ring (bicyclic) bond motifs is 1. The average Bonchev–Trinajstić information content (AvgIpc) is 2.74. The van der Waals surface area contributed by atoms with Gasteiger partial charge >= 0.3 is 0 Å². The molecule has 0 aliphatic carbocycles. The summed E-state index contributed by atoms with van der Waals surface area (Å²) < 4.78 is 6.63. The van der Waals surface area contributed by atoms with E-state index < -0.39 is 4.92 Å². The summed E-state index contributed by atoms with van der Waals surface area (Å²) in [5, 5.41) is 14.4. The first-order valence-electron chi connectivity index (χ1n) is 9.15.